The van der Waals surface area contributed by atoms with Crippen LogP contribution in [0.1, 0.15) is 26.2 Å². The zero-order valence-electron chi connectivity index (χ0n) is 4.85. The van der Waals surface area contributed by atoms with Crippen molar-refractivity contribution in [2.75, 3.05) is 0 Å². The molecule has 1 fully saturated rings. The second kappa shape index (κ2) is 2.15. The molecule has 0 saturated heterocycles. The first-order valence-corrected chi connectivity index (χ1v) is 3.06. The summed E-state index contributed by atoms with van der Waals surface area (Å²) in [4.78, 5) is 0. The summed E-state index contributed by atoms with van der Waals surface area (Å²) < 4.78 is 0. The van der Waals surface area contributed by atoms with Crippen molar-refractivity contribution in [3.05, 3.63) is 12.2 Å². The van der Waals surface area contributed by atoms with Crippen LogP contribution in [-0.4, -0.2) is 0 Å². The van der Waals surface area contributed by atoms with Gasteiger partial charge in [0.25, 0.3) is 0 Å². The van der Waals surface area contributed by atoms with Crippen molar-refractivity contribution in [2.24, 2.45) is 5.92 Å². The van der Waals surface area contributed by atoms with Gasteiger partial charge in [-0.25, -0.2) is 0 Å². The maximum Gasteiger partial charge on any atom is -0.0234 e. The van der Waals surface area contributed by atoms with E-state index < -0.39 is 0 Å². The molecule has 0 aliphatic heterocycles. The van der Waals surface area contributed by atoms with Crippen LogP contribution in [0.3, 0.4) is 0 Å². The van der Waals surface area contributed by atoms with Crippen LogP contribution in [0, 0.1) is 5.92 Å². The molecule has 0 aromatic rings. The van der Waals surface area contributed by atoms with Crippen molar-refractivity contribution in [1.29, 1.82) is 0 Å². The summed E-state index contributed by atoms with van der Waals surface area (Å²) in [6.07, 6.45) is 8.79. The minimum absolute atomic E-state index is 0.949. The predicted molar refractivity (Wildman–Crippen MR) is 32.2 cm³/mol. The Labute approximate surface area is 45.2 Å². The van der Waals surface area contributed by atoms with Gasteiger partial charge in [0.15, 0.2) is 0 Å². The van der Waals surface area contributed by atoms with Crippen LogP contribution < -0.4 is 0 Å². The highest BCUT2D eigenvalue weighted by molar-refractivity contribution is 4.89. The molecular weight excluding hydrogens is 84.1 g/mol. The number of rotatable bonds is 1. The molecule has 0 bridgehead atoms. The van der Waals surface area contributed by atoms with Crippen molar-refractivity contribution in [3.8, 4) is 0 Å². The fourth-order valence-electron chi connectivity index (χ4n) is 0.904. The average molecular weight is 96.2 g/mol. The summed E-state index contributed by atoms with van der Waals surface area (Å²) >= 11 is 0. The Morgan fingerprint density at radius 2 is 2.14 bits per heavy atom. The van der Waals surface area contributed by atoms with Gasteiger partial charge in [-0.15, -0.1) is 0 Å². The van der Waals surface area contributed by atoms with E-state index in [0.717, 1.165) is 5.92 Å². The number of allylic oxidation sites excluding steroid dienone is 2. The third-order valence-electron chi connectivity index (χ3n) is 1.61. The van der Waals surface area contributed by atoms with Crippen molar-refractivity contribution >= 4 is 0 Å². The summed E-state index contributed by atoms with van der Waals surface area (Å²) in [7, 11) is 0. The quantitative estimate of drug-likeness (QED) is 0.439. The molecule has 0 radical (unpaired) electrons. The topological polar surface area (TPSA) is 0 Å². The SMILES string of the molecule is CC=CC1CCC1. The van der Waals surface area contributed by atoms with Crippen LogP contribution in [0.15, 0.2) is 12.2 Å². The number of hydrogen-bond acceptors (Lipinski definition) is 0. The van der Waals surface area contributed by atoms with Gasteiger partial charge in [-0.05, 0) is 25.7 Å². The molecule has 0 heteroatoms. The lowest BCUT2D eigenvalue weighted by Gasteiger charge is -2.20. The second-order valence-corrected chi connectivity index (χ2v) is 2.22. The summed E-state index contributed by atoms with van der Waals surface area (Å²) in [5, 5.41) is 0. The average Bonchev–Trinajstić information content (AvgIpc) is 1.55. The Morgan fingerprint density at radius 1 is 1.43 bits per heavy atom. The lowest BCUT2D eigenvalue weighted by Crippen LogP contribution is -2.06. The predicted octanol–water partition coefficient (Wildman–Crippen LogP) is 2.36. The van der Waals surface area contributed by atoms with Crippen LogP contribution in [0.2, 0.25) is 0 Å². The van der Waals surface area contributed by atoms with Crippen molar-refractivity contribution < 1.29 is 0 Å². The summed E-state index contributed by atoms with van der Waals surface area (Å²) in [6.45, 7) is 2.10. The molecule has 40 valence electrons. The van der Waals surface area contributed by atoms with E-state index in [4.69, 9.17) is 0 Å². The van der Waals surface area contributed by atoms with E-state index in [1.807, 2.05) is 0 Å². The van der Waals surface area contributed by atoms with Crippen molar-refractivity contribution in [3.63, 3.8) is 0 Å². The molecule has 1 rings (SSSR count). The van der Waals surface area contributed by atoms with Crippen LogP contribution >= 0.6 is 0 Å². The highest BCUT2D eigenvalue weighted by Gasteiger charge is 2.12. The van der Waals surface area contributed by atoms with E-state index in [-0.39, 0.29) is 0 Å². The Hall–Kier alpha value is -0.260. The molecule has 0 unspecified atom stereocenters. The monoisotopic (exact) mass is 96.1 g/mol. The molecular formula is C7H12. The smallest absolute Gasteiger partial charge is 0.0234 e. The fourth-order valence-corrected chi connectivity index (χ4v) is 0.904. The van der Waals surface area contributed by atoms with Gasteiger partial charge in [0.2, 0.25) is 0 Å². The summed E-state index contributed by atoms with van der Waals surface area (Å²) in [6, 6.07) is 0. The van der Waals surface area contributed by atoms with Gasteiger partial charge >= 0.3 is 0 Å². The van der Waals surface area contributed by atoms with E-state index in [1.165, 1.54) is 19.3 Å². The maximum absolute atomic E-state index is 2.31. The third kappa shape index (κ3) is 1.05. The molecule has 0 N–H and O–H groups in total. The van der Waals surface area contributed by atoms with Crippen molar-refractivity contribution in [1.82, 2.24) is 0 Å². The van der Waals surface area contributed by atoms with E-state index in [1.54, 1.807) is 0 Å². The summed E-state index contributed by atoms with van der Waals surface area (Å²) in [5.41, 5.74) is 0. The Balaban J connectivity index is 2.14. The van der Waals surface area contributed by atoms with E-state index >= 15 is 0 Å². The van der Waals surface area contributed by atoms with Crippen molar-refractivity contribution in [2.45, 2.75) is 26.2 Å². The Morgan fingerprint density at radius 3 is 2.29 bits per heavy atom. The highest BCUT2D eigenvalue weighted by atomic mass is 14.2. The third-order valence-corrected chi connectivity index (χ3v) is 1.61. The Kier molecular flexibility index (Phi) is 1.50. The molecule has 0 atom stereocenters. The van der Waals surface area contributed by atoms with Gasteiger partial charge < -0.3 is 0 Å². The maximum atomic E-state index is 2.31. The van der Waals surface area contributed by atoms with E-state index in [2.05, 4.69) is 19.1 Å². The minimum atomic E-state index is 0.949. The van der Waals surface area contributed by atoms with Gasteiger partial charge in [0.1, 0.15) is 0 Å². The summed E-state index contributed by atoms with van der Waals surface area (Å²) in [5.74, 6) is 0.949. The van der Waals surface area contributed by atoms with Gasteiger partial charge in [-0.2, -0.15) is 0 Å². The zero-order chi connectivity index (χ0) is 5.11. The first-order valence-electron chi connectivity index (χ1n) is 3.06. The van der Waals surface area contributed by atoms with Gasteiger partial charge in [-0.3, -0.25) is 0 Å². The van der Waals surface area contributed by atoms with Crippen LogP contribution in [0.4, 0.5) is 0 Å². The molecule has 1 aliphatic carbocycles. The molecule has 0 aromatic heterocycles. The fraction of sp³-hybridized carbons (Fsp3) is 0.714. The molecule has 0 nitrogen and oxygen atoms in total. The largest absolute Gasteiger partial charge is 0.0914 e. The first-order chi connectivity index (χ1) is 3.43. The Bertz CT molecular complexity index is 68.1. The molecule has 0 heterocycles. The molecule has 0 amide bonds. The van der Waals surface area contributed by atoms with Crippen LogP contribution in [0.25, 0.3) is 0 Å². The minimum Gasteiger partial charge on any atom is -0.0914 e. The normalized spacial score (nSPS) is 23.0. The van der Waals surface area contributed by atoms with E-state index in [9.17, 15) is 0 Å². The molecule has 0 spiro atoms. The lowest BCUT2D eigenvalue weighted by atomic mass is 9.85. The standard InChI is InChI=1S/C7H12/c1-2-4-7-5-3-6-7/h2,4,7H,3,5-6H2,1H3. The lowest BCUT2D eigenvalue weighted by molar-refractivity contribution is 0.387. The van der Waals surface area contributed by atoms with Gasteiger partial charge in [-0.1, -0.05) is 18.6 Å². The first kappa shape index (κ1) is 4.89. The highest BCUT2D eigenvalue weighted by Crippen LogP contribution is 2.26. The van der Waals surface area contributed by atoms with E-state index in [0.29, 0.717) is 0 Å². The zero-order valence-corrected chi connectivity index (χ0v) is 4.85. The molecule has 1 saturated carbocycles. The van der Waals surface area contributed by atoms with Crippen LogP contribution in [-0.2, 0) is 0 Å². The van der Waals surface area contributed by atoms with Gasteiger partial charge in [0, 0.05) is 0 Å². The van der Waals surface area contributed by atoms with Gasteiger partial charge in [0.05, 0.1) is 0 Å². The molecule has 1 aliphatic rings. The molecule has 7 heavy (non-hydrogen) atoms. The van der Waals surface area contributed by atoms with Crippen LogP contribution in [0.5, 0.6) is 0 Å². The second-order valence-electron chi connectivity index (χ2n) is 2.22. The number of hydrogen-bond donors (Lipinski definition) is 0. The molecule has 0 aromatic carbocycles.